The number of hydrogen-bond acceptors (Lipinski definition) is 2. The van der Waals surface area contributed by atoms with E-state index in [9.17, 15) is 0 Å². The normalized spacial score (nSPS) is 29.6. The Morgan fingerprint density at radius 1 is 1.71 bits per heavy atom. The molecule has 0 aromatic heterocycles. The number of nitrogens with two attached hydrogens (primary N) is 1. The maximum Gasteiger partial charge on any atom is 0.0691 e. The quantitative estimate of drug-likeness (QED) is 0.483. The fourth-order valence-corrected chi connectivity index (χ4v) is 0.562. The second kappa shape index (κ2) is 1.20. The zero-order valence-corrected chi connectivity index (χ0v) is 4.52. The summed E-state index contributed by atoms with van der Waals surface area (Å²) in [5.41, 5.74) is 5.34. The second-order valence-electron chi connectivity index (χ2n) is 2.41. The van der Waals surface area contributed by atoms with Gasteiger partial charge in [0.2, 0.25) is 0 Å². The van der Waals surface area contributed by atoms with Gasteiger partial charge in [-0.2, -0.15) is 0 Å². The predicted octanol–water partition coefficient (Wildman–Crippen LogP) is -0.142. The average molecular weight is 101 g/mol. The molecule has 7 heavy (non-hydrogen) atoms. The monoisotopic (exact) mass is 101 g/mol. The first kappa shape index (κ1) is 5.06. The Labute approximate surface area is 43.3 Å². The van der Waals surface area contributed by atoms with E-state index in [1.54, 1.807) is 6.92 Å². The molecule has 0 heterocycles. The first-order chi connectivity index (χ1) is 3.15. The highest BCUT2D eigenvalue weighted by atomic mass is 16.3. The first-order valence-electron chi connectivity index (χ1n) is 2.62. The van der Waals surface area contributed by atoms with Crippen LogP contribution in [0.2, 0.25) is 0 Å². The average Bonchev–Trinajstić information content (AvgIpc) is 2.21. The van der Waals surface area contributed by atoms with E-state index < -0.39 is 0 Å². The minimum atomic E-state index is -0.313. The van der Waals surface area contributed by atoms with Gasteiger partial charge in [-0.15, -0.1) is 0 Å². The van der Waals surface area contributed by atoms with Crippen molar-refractivity contribution < 1.29 is 5.11 Å². The molecule has 1 atom stereocenters. The van der Waals surface area contributed by atoms with Crippen LogP contribution >= 0.6 is 0 Å². The third-order valence-corrected chi connectivity index (χ3v) is 1.66. The molecule has 0 bridgehead atoms. The number of rotatable bonds is 1. The fourth-order valence-electron chi connectivity index (χ4n) is 0.562. The summed E-state index contributed by atoms with van der Waals surface area (Å²) >= 11 is 0. The summed E-state index contributed by atoms with van der Waals surface area (Å²) in [5.74, 6) is 0. The summed E-state index contributed by atoms with van der Waals surface area (Å²) < 4.78 is 0. The van der Waals surface area contributed by atoms with Gasteiger partial charge in [0.25, 0.3) is 0 Å². The van der Waals surface area contributed by atoms with Crippen LogP contribution in [0.3, 0.4) is 0 Å². The van der Waals surface area contributed by atoms with Crippen LogP contribution in [0, 0.1) is 0 Å². The topological polar surface area (TPSA) is 46.2 Å². The van der Waals surface area contributed by atoms with Gasteiger partial charge < -0.3 is 10.8 Å². The molecular weight excluding hydrogens is 90.1 g/mol. The van der Waals surface area contributed by atoms with Crippen LogP contribution in [0.25, 0.3) is 0 Å². The lowest BCUT2D eigenvalue weighted by Crippen LogP contribution is -2.34. The molecule has 0 saturated heterocycles. The van der Waals surface area contributed by atoms with Crippen LogP contribution in [0.4, 0.5) is 0 Å². The molecule has 0 aliphatic heterocycles. The molecule has 1 aliphatic carbocycles. The predicted molar refractivity (Wildman–Crippen MR) is 27.8 cm³/mol. The smallest absolute Gasteiger partial charge is 0.0691 e. The van der Waals surface area contributed by atoms with Crippen LogP contribution in [-0.2, 0) is 0 Å². The zero-order chi connectivity index (χ0) is 5.49. The van der Waals surface area contributed by atoms with Gasteiger partial charge >= 0.3 is 0 Å². The molecular formula is C5H11NO. The molecule has 0 spiro atoms. The van der Waals surface area contributed by atoms with Gasteiger partial charge in [0.15, 0.2) is 0 Å². The fraction of sp³-hybridized carbons (Fsp3) is 1.00. The Balaban J connectivity index is 2.39. The van der Waals surface area contributed by atoms with E-state index in [-0.39, 0.29) is 11.6 Å². The van der Waals surface area contributed by atoms with E-state index in [0.29, 0.717) is 0 Å². The van der Waals surface area contributed by atoms with E-state index in [2.05, 4.69) is 0 Å². The van der Waals surface area contributed by atoms with Crippen molar-refractivity contribution in [3.8, 4) is 0 Å². The Kier molecular flexibility index (Phi) is 0.869. The van der Waals surface area contributed by atoms with E-state index in [0.717, 1.165) is 12.8 Å². The first-order valence-corrected chi connectivity index (χ1v) is 2.62. The standard InChI is InChI=1S/C5H11NO/c1-4(7)5(6)2-3-5/h4,7H,2-3,6H2,1H3/t4-/m1/s1. The molecule has 1 aliphatic rings. The molecule has 0 amide bonds. The van der Waals surface area contributed by atoms with Gasteiger partial charge in [-0.05, 0) is 19.8 Å². The SMILES string of the molecule is C[C@@H](O)C1(N)CC1. The van der Waals surface area contributed by atoms with E-state index in [1.807, 2.05) is 0 Å². The number of aliphatic hydroxyl groups excluding tert-OH is 1. The minimum Gasteiger partial charge on any atom is -0.392 e. The van der Waals surface area contributed by atoms with Crippen LogP contribution in [0.5, 0.6) is 0 Å². The molecule has 1 rings (SSSR count). The van der Waals surface area contributed by atoms with Gasteiger partial charge in [-0.3, -0.25) is 0 Å². The summed E-state index contributed by atoms with van der Waals surface area (Å²) in [6.07, 6.45) is 1.67. The maximum atomic E-state index is 8.83. The molecule has 0 aromatic carbocycles. The molecule has 2 nitrogen and oxygen atoms in total. The third-order valence-electron chi connectivity index (χ3n) is 1.66. The summed E-state index contributed by atoms with van der Waals surface area (Å²) in [4.78, 5) is 0. The Bertz CT molecular complexity index is 76.1. The zero-order valence-electron chi connectivity index (χ0n) is 4.52. The highest BCUT2D eigenvalue weighted by Gasteiger charge is 2.42. The van der Waals surface area contributed by atoms with Crippen LogP contribution in [0.15, 0.2) is 0 Å². The van der Waals surface area contributed by atoms with E-state index in [4.69, 9.17) is 10.8 Å². The van der Waals surface area contributed by atoms with Gasteiger partial charge in [0.1, 0.15) is 0 Å². The van der Waals surface area contributed by atoms with Crippen molar-refractivity contribution in [1.29, 1.82) is 0 Å². The lowest BCUT2D eigenvalue weighted by atomic mass is 10.2. The Morgan fingerprint density at radius 2 is 2.14 bits per heavy atom. The number of hydrogen-bond donors (Lipinski definition) is 2. The lowest BCUT2D eigenvalue weighted by molar-refractivity contribution is 0.153. The van der Waals surface area contributed by atoms with Crippen molar-refractivity contribution in [3.63, 3.8) is 0 Å². The van der Waals surface area contributed by atoms with Crippen LogP contribution < -0.4 is 5.73 Å². The van der Waals surface area contributed by atoms with Crippen molar-refractivity contribution >= 4 is 0 Å². The van der Waals surface area contributed by atoms with Gasteiger partial charge in [-0.1, -0.05) is 0 Å². The van der Waals surface area contributed by atoms with Crippen LogP contribution in [-0.4, -0.2) is 16.7 Å². The minimum absolute atomic E-state index is 0.194. The highest BCUT2D eigenvalue weighted by molar-refractivity contribution is 5.02. The largest absolute Gasteiger partial charge is 0.392 e. The molecule has 0 aromatic rings. The van der Waals surface area contributed by atoms with Crippen molar-refractivity contribution in [2.45, 2.75) is 31.4 Å². The van der Waals surface area contributed by atoms with Crippen molar-refractivity contribution in [1.82, 2.24) is 0 Å². The van der Waals surface area contributed by atoms with Gasteiger partial charge in [0, 0.05) is 5.54 Å². The summed E-state index contributed by atoms with van der Waals surface area (Å²) in [6, 6.07) is 0. The van der Waals surface area contributed by atoms with Crippen LogP contribution in [0.1, 0.15) is 19.8 Å². The van der Waals surface area contributed by atoms with Crippen molar-refractivity contribution in [3.05, 3.63) is 0 Å². The summed E-state index contributed by atoms with van der Waals surface area (Å²) in [5, 5.41) is 8.83. The second-order valence-corrected chi connectivity index (χ2v) is 2.41. The Morgan fingerprint density at radius 3 is 2.14 bits per heavy atom. The van der Waals surface area contributed by atoms with E-state index in [1.165, 1.54) is 0 Å². The highest BCUT2D eigenvalue weighted by Crippen LogP contribution is 2.35. The molecule has 2 heteroatoms. The third kappa shape index (κ3) is 0.763. The van der Waals surface area contributed by atoms with Gasteiger partial charge in [-0.25, -0.2) is 0 Å². The molecule has 42 valence electrons. The molecule has 0 unspecified atom stereocenters. The molecule has 1 saturated carbocycles. The lowest BCUT2D eigenvalue weighted by Gasteiger charge is -2.09. The van der Waals surface area contributed by atoms with Gasteiger partial charge in [0.05, 0.1) is 6.10 Å². The van der Waals surface area contributed by atoms with Crippen molar-refractivity contribution in [2.75, 3.05) is 0 Å². The molecule has 3 N–H and O–H groups in total. The summed E-state index contributed by atoms with van der Waals surface area (Å²) in [7, 11) is 0. The summed E-state index contributed by atoms with van der Waals surface area (Å²) in [6.45, 7) is 1.74. The number of aliphatic hydroxyl groups is 1. The van der Waals surface area contributed by atoms with Crippen molar-refractivity contribution in [2.24, 2.45) is 5.73 Å². The maximum absolute atomic E-state index is 8.83. The molecule has 1 fully saturated rings. The molecule has 0 radical (unpaired) electrons. The van der Waals surface area contributed by atoms with E-state index >= 15 is 0 Å². The Hall–Kier alpha value is -0.0800.